The van der Waals surface area contributed by atoms with E-state index in [-0.39, 0.29) is 17.9 Å². The van der Waals surface area contributed by atoms with E-state index in [2.05, 4.69) is 40.2 Å². The highest BCUT2D eigenvalue weighted by atomic mass is 32.1. The first kappa shape index (κ1) is 25.7. The van der Waals surface area contributed by atoms with Crippen molar-refractivity contribution in [1.82, 2.24) is 4.98 Å². The van der Waals surface area contributed by atoms with Gasteiger partial charge in [-0.3, -0.25) is 20.1 Å². The van der Waals surface area contributed by atoms with Gasteiger partial charge in [-0.25, -0.2) is 4.57 Å². The van der Waals surface area contributed by atoms with Crippen molar-refractivity contribution in [3.63, 3.8) is 0 Å². The number of carbonyl (C=O) groups is 1. The highest BCUT2D eigenvalue weighted by Crippen LogP contribution is 2.38. The average molecular weight is 544 g/mol. The van der Waals surface area contributed by atoms with Crippen LogP contribution in [0.1, 0.15) is 67.5 Å². The molecule has 0 spiro atoms. The van der Waals surface area contributed by atoms with Crippen LogP contribution in [0, 0.1) is 0 Å². The van der Waals surface area contributed by atoms with Crippen LogP contribution in [0.5, 0.6) is 5.75 Å². The number of pyridine rings is 1. The molecule has 39 heavy (non-hydrogen) atoms. The molecule has 202 valence electrons. The van der Waals surface area contributed by atoms with Gasteiger partial charge in [0.25, 0.3) is 5.75 Å². The summed E-state index contributed by atoms with van der Waals surface area (Å²) in [6.45, 7) is 6.77. The third kappa shape index (κ3) is 5.22. The number of aliphatic imine (C=N–C) groups is 1. The molecule has 6 rings (SSSR count). The normalized spacial score (nSPS) is 19.5. The monoisotopic (exact) mass is 543 g/mol. The van der Waals surface area contributed by atoms with Crippen LogP contribution in [0.3, 0.4) is 0 Å². The van der Waals surface area contributed by atoms with Gasteiger partial charge in [0, 0.05) is 29.8 Å². The van der Waals surface area contributed by atoms with Gasteiger partial charge < -0.3 is 10.0 Å². The predicted octanol–water partition coefficient (Wildman–Crippen LogP) is 4.88. The number of fused-ring (bicyclic) bond motifs is 2. The van der Waals surface area contributed by atoms with E-state index < -0.39 is 0 Å². The average Bonchev–Trinajstić information content (AvgIpc) is 3.69. The number of hydrogen-bond acceptors (Lipinski definition) is 5. The van der Waals surface area contributed by atoms with E-state index in [4.69, 9.17) is 10.1 Å². The van der Waals surface area contributed by atoms with Crippen molar-refractivity contribution in [3.8, 4) is 5.75 Å². The molecule has 0 radical (unpaired) electrons. The Kier molecular flexibility index (Phi) is 7.21. The molecule has 3 aliphatic rings. The van der Waals surface area contributed by atoms with Crippen molar-refractivity contribution in [3.05, 3.63) is 76.1 Å². The van der Waals surface area contributed by atoms with E-state index in [0.29, 0.717) is 18.2 Å². The Morgan fingerprint density at radius 3 is 3.00 bits per heavy atom. The Hall–Kier alpha value is -3.52. The fourth-order valence-corrected chi connectivity index (χ4v) is 6.99. The van der Waals surface area contributed by atoms with E-state index in [1.54, 1.807) is 11.3 Å². The number of nitrogens with zero attached hydrogens (tertiary/aromatic N) is 4. The summed E-state index contributed by atoms with van der Waals surface area (Å²) in [5.74, 6) is 0.701. The number of benzene rings is 1. The summed E-state index contributed by atoms with van der Waals surface area (Å²) in [5.41, 5.74) is 6.30. The predicted molar refractivity (Wildman–Crippen MR) is 158 cm³/mol. The first-order valence-corrected chi connectivity index (χ1v) is 14.9. The molecule has 4 heterocycles. The maximum Gasteiger partial charge on any atom is 0.334 e. The number of thiazole rings is 1. The van der Waals surface area contributed by atoms with Gasteiger partial charge >= 0.3 is 5.13 Å². The van der Waals surface area contributed by atoms with Crippen LogP contribution in [0.2, 0.25) is 0 Å². The van der Waals surface area contributed by atoms with Crippen molar-refractivity contribution in [2.24, 2.45) is 4.99 Å². The number of hydrogen-bond donors (Lipinski definition) is 1. The molecule has 8 heteroatoms. The molecule has 3 aromatic rings. The molecule has 2 aliphatic heterocycles. The van der Waals surface area contributed by atoms with Crippen LogP contribution in [0.25, 0.3) is 0 Å². The minimum absolute atomic E-state index is 0.0798. The topological polar surface area (TPSA) is 84.4 Å². The molecular formula is C31H37N5O2S+2. The Morgan fingerprint density at radius 2 is 2.18 bits per heavy atom. The Labute approximate surface area is 233 Å². The third-order valence-electron chi connectivity index (χ3n) is 8.13. The first-order valence-electron chi connectivity index (χ1n) is 14.1. The van der Waals surface area contributed by atoms with E-state index in [0.717, 1.165) is 73.3 Å². The van der Waals surface area contributed by atoms with E-state index >= 15 is 0 Å². The van der Waals surface area contributed by atoms with Gasteiger partial charge in [0.05, 0.1) is 36.0 Å². The lowest BCUT2D eigenvalue weighted by Gasteiger charge is -2.31. The second kappa shape index (κ2) is 10.9. The molecule has 2 aromatic heterocycles. The van der Waals surface area contributed by atoms with Crippen LogP contribution in [-0.4, -0.2) is 41.3 Å². The minimum atomic E-state index is -0.245. The Bertz CT molecular complexity index is 1430. The molecule has 1 aromatic carbocycles. The van der Waals surface area contributed by atoms with Crippen molar-refractivity contribution in [1.29, 1.82) is 0 Å². The molecule has 2 atom stereocenters. The van der Waals surface area contributed by atoms with Gasteiger partial charge in [-0.2, -0.15) is 0 Å². The third-order valence-corrected chi connectivity index (χ3v) is 9.11. The lowest BCUT2D eigenvalue weighted by Crippen LogP contribution is -2.38. The maximum absolute atomic E-state index is 14.2. The molecule has 0 saturated carbocycles. The standard InChI is InChI=1S/C31H35N5O2S/c1-20(2)28-12-11-23(17-34-28)36(30(38)27-7-3-6-26-25(27)5-4-8-29(26)37)18-21-15-22(33-16-21)9-10-24-19-39-31-32-13-14-35(24)31/h4-5,8,11-12,15-17,19-20,22,27,37H,3,6-7,9-10,13-14,18H2,1-2H3/p+2. The Balaban J connectivity index is 1.23. The van der Waals surface area contributed by atoms with Crippen molar-refractivity contribution in [2.45, 2.75) is 70.4 Å². The molecule has 2 unspecified atom stereocenters. The number of anilines is 2. The van der Waals surface area contributed by atoms with E-state index in [9.17, 15) is 4.79 Å². The first-order chi connectivity index (χ1) is 19.0. The number of nitrogens with one attached hydrogen (secondary N) is 1. The van der Waals surface area contributed by atoms with Gasteiger partial charge in [0.1, 0.15) is 18.8 Å². The second-order valence-electron chi connectivity index (χ2n) is 11.1. The number of carbonyl (C=O) groups excluding carboxylic acids is 1. The molecule has 0 bridgehead atoms. The van der Waals surface area contributed by atoms with Crippen molar-refractivity contribution >= 4 is 34.3 Å². The summed E-state index contributed by atoms with van der Waals surface area (Å²) in [7, 11) is 0. The lowest BCUT2D eigenvalue weighted by molar-refractivity contribution is -0.674. The summed E-state index contributed by atoms with van der Waals surface area (Å²) in [5, 5.41) is 15.3. The van der Waals surface area contributed by atoms with Crippen LogP contribution >= 0.6 is 11.3 Å². The van der Waals surface area contributed by atoms with E-state index in [1.807, 2.05) is 47.6 Å². The highest BCUT2D eigenvalue weighted by molar-refractivity contribution is 7.13. The number of aryl methyl sites for hydroxylation is 1. The van der Waals surface area contributed by atoms with Crippen molar-refractivity contribution < 1.29 is 14.5 Å². The summed E-state index contributed by atoms with van der Waals surface area (Å²) < 4.78 is 2.38. The quantitative estimate of drug-likeness (QED) is 0.325. The fourth-order valence-electron chi connectivity index (χ4n) is 5.98. The Morgan fingerprint density at radius 1 is 1.28 bits per heavy atom. The molecule has 1 amide bonds. The van der Waals surface area contributed by atoms with Gasteiger partial charge in [-0.05, 0) is 54.9 Å². The molecule has 0 fully saturated rings. The van der Waals surface area contributed by atoms with Gasteiger partial charge in [-0.1, -0.05) is 43.4 Å². The van der Waals surface area contributed by atoms with Crippen LogP contribution in [0.15, 0.2) is 58.6 Å². The number of amides is 1. The number of aromatic nitrogens is 2. The van der Waals surface area contributed by atoms with Gasteiger partial charge in [-0.15, -0.1) is 0 Å². The smallest absolute Gasteiger partial charge is 0.334 e. The molecular weight excluding hydrogens is 506 g/mol. The summed E-state index contributed by atoms with van der Waals surface area (Å²) >= 11 is 1.78. The lowest BCUT2D eigenvalue weighted by atomic mass is 9.81. The highest BCUT2D eigenvalue weighted by Gasteiger charge is 2.33. The van der Waals surface area contributed by atoms with Gasteiger partial charge in [0.2, 0.25) is 5.91 Å². The second-order valence-corrected chi connectivity index (χ2v) is 11.9. The minimum Gasteiger partial charge on any atom is -0.593 e. The largest absolute Gasteiger partial charge is 0.593 e. The molecule has 1 aliphatic carbocycles. The fraction of sp³-hybridized carbons (Fsp3) is 0.419. The van der Waals surface area contributed by atoms with Crippen LogP contribution < -0.4 is 14.8 Å². The zero-order valence-corrected chi connectivity index (χ0v) is 23.5. The zero-order valence-electron chi connectivity index (χ0n) is 22.7. The number of rotatable bonds is 8. The summed E-state index contributed by atoms with van der Waals surface area (Å²) in [6.07, 6.45) is 10.5. The molecule has 7 nitrogen and oxygen atoms in total. The molecule has 3 N–H and O–H groups in total. The van der Waals surface area contributed by atoms with Crippen LogP contribution in [-0.2, 0) is 24.2 Å². The van der Waals surface area contributed by atoms with E-state index in [1.165, 1.54) is 10.8 Å². The maximum atomic E-state index is 14.2. The van der Waals surface area contributed by atoms with Gasteiger partial charge in [0.15, 0.2) is 0 Å². The molecule has 0 saturated heterocycles. The zero-order chi connectivity index (χ0) is 26.9. The SMILES string of the molecule is CC(C)c1ccc(N(CC2=CC(CCc3csc4[n+]3CCN4)N=C2)C(=O)C2CCCc3c([OH2+])cccc32)cn1. The summed E-state index contributed by atoms with van der Waals surface area (Å²) in [4.78, 5) is 25.6. The summed E-state index contributed by atoms with van der Waals surface area (Å²) in [6, 6.07) is 9.96. The van der Waals surface area contributed by atoms with Crippen LogP contribution in [0.4, 0.5) is 10.8 Å². The van der Waals surface area contributed by atoms with Crippen molar-refractivity contribution in [2.75, 3.05) is 23.3 Å².